The van der Waals surface area contributed by atoms with Crippen LogP contribution in [0.25, 0.3) is 0 Å². The van der Waals surface area contributed by atoms with Gasteiger partial charge in [0.2, 0.25) is 0 Å². The number of nitrogens with one attached hydrogen (secondary N) is 2. The Kier molecular flexibility index (Phi) is 3.86. The van der Waals surface area contributed by atoms with Gasteiger partial charge in [0.05, 0.1) is 11.6 Å². The second-order valence-corrected chi connectivity index (χ2v) is 5.33. The van der Waals surface area contributed by atoms with E-state index in [0.717, 1.165) is 11.3 Å². The fourth-order valence-corrected chi connectivity index (χ4v) is 2.53. The van der Waals surface area contributed by atoms with E-state index in [4.69, 9.17) is 11.6 Å². The zero-order chi connectivity index (χ0) is 12.3. The van der Waals surface area contributed by atoms with Gasteiger partial charge in [0.1, 0.15) is 5.69 Å². The second-order valence-electron chi connectivity index (χ2n) is 3.64. The van der Waals surface area contributed by atoms with Crippen LogP contribution in [0.3, 0.4) is 0 Å². The minimum atomic E-state index is -0.136. The van der Waals surface area contributed by atoms with Gasteiger partial charge in [-0.1, -0.05) is 18.5 Å². The lowest BCUT2D eigenvalue weighted by Gasteiger charge is -2.00. The van der Waals surface area contributed by atoms with E-state index >= 15 is 0 Å². The van der Waals surface area contributed by atoms with Gasteiger partial charge >= 0.3 is 0 Å². The third-order valence-corrected chi connectivity index (χ3v) is 3.83. The normalized spacial score (nSPS) is 10.5. The smallest absolute Gasteiger partial charge is 0.268 e. The number of H-pyrrole nitrogens is 1. The van der Waals surface area contributed by atoms with E-state index < -0.39 is 0 Å². The highest BCUT2D eigenvalue weighted by molar-refractivity contribution is 7.11. The summed E-state index contributed by atoms with van der Waals surface area (Å²) in [5.41, 5.74) is 0.488. The molecular formula is C12H13ClN2OS. The van der Waals surface area contributed by atoms with Crippen molar-refractivity contribution in [2.75, 3.05) is 0 Å². The van der Waals surface area contributed by atoms with Crippen molar-refractivity contribution in [3.8, 4) is 0 Å². The third kappa shape index (κ3) is 3.11. The zero-order valence-electron chi connectivity index (χ0n) is 9.42. The summed E-state index contributed by atoms with van der Waals surface area (Å²) >= 11 is 7.46. The summed E-state index contributed by atoms with van der Waals surface area (Å²) < 4.78 is 0. The number of aryl methyl sites for hydroxylation is 1. The minimum Gasteiger partial charge on any atom is -0.356 e. The number of thiophene rings is 1. The van der Waals surface area contributed by atoms with Crippen LogP contribution in [0, 0.1) is 0 Å². The molecule has 2 N–H and O–H groups in total. The Morgan fingerprint density at radius 3 is 2.82 bits per heavy atom. The average Bonchev–Trinajstić information content (AvgIpc) is 2.94. The fraction of sp³-hybridized carbons (Fsp3) is 0.250. The third-order valence-electron chi connectivity index (χ3n) is 2.38. The molecule has 0 saturated heterocycles. The summed E-state index contributed by atoms with van der Waals surface area (Å²) in [5, 5.41) is 3.39. The van der Waals surface area contributed by atoms with E-state index in [0.29, 0.717) is 17.3 Å². The molecule has 0 unspecified atom stereocenters. The molecule has 0 aliphatic heterocycles. The summed E-state index contributed by atoms with van der Waals surface area (Å²) in [4.78, 5) is 17.0. The Morgan fingerprint density at radius 1 is 1.47 bits per heavy atom. The first-order chi connectivity index (χ1) is 8.19. The molecule has 2 heterocycles. The molecule has 90 valence electrons. The molecule has 2 aromatic rings. The van der Waals surface area contributed by atoms with Gasteiger partial charge in [0.25, 0.3) is 5.91 Å². The summed E-state index contributed by atoms with van der Waals surface area (Å²) in [6, 6.07) is 5.76. The predicted molar refractivity (Wildman–Crippen MR) is 70.7 cm³/mol. The Labute approximate surface area is 109 Å². The van der Waals surface area contributed by atoms with Gasteiger partial charge in [-0.15, -0.1) is 11.3 Å². The van der Waals surface area contributed by atoms with Crippen molar-refractivity contribution >= 4 is 28.8 Å². The quantitative estimate of drug-likeness (QED) is 0.879. The van der Waals surface area contributed by atoms with Crippen LogP contribution in [0.1, 0.15) is 27.2 Å². The molecule has 3 nitrogen and oxygen atoms in total. The van der Waals surface area contributed by atoms with Crippen molar-refractivity contribution in [2.24, 2.45) is 0 Å². The van der Waals surface area contributed by atoms with Crippen LogP contribution in [0.4, 0.5) is 0 Å². The number of aromatic nitrogens is 1. The van der Waals surface area contributed by atoms with Crippen molar-refractivity contribution < 1.29 is 4.79 Å². The minimum absolute atomic E-state index is 0.136. The number of rotatable bonds is 4. The van der Waals surface area contributed by atoms with Gasteiger partial charge in [-0.3, -0.25) is 4.79 Å². The first-order valence-corrected chi connectivity index (χ1v) is 6.58. The van der Waals surface area contributed by atoms with Crippen molar-refractivity contribution in [3.63, 3.8) is 0 Å². The van der Waals surface area contributed by atoms with Crippen LogP contribution in [-0.2, 0) is 13.0 Å². The molecule has 0 spiro atoms. The van der Waals surface area contributed by atoms with Crippen molar-refractivity contribution in [2.45, 2.75) is 19.9 Å². The van der Waals surface area contributed by atoms with E-state index in [-0.39, 0.29) is 5.91 Å². The van der Waals surface area contributed by atoms with E-state index in [2.05, 4.69) is 23.3 Å². The Balaban J connectivity index is 1.92. The van der Waals surface area contributed by atoms with E-state index in [9.17, 15) is 4.79 Å². The number of carbonyl (C=O) groups is 1. The lowest BCUT2D eigenvalue weighted by atomic mass is 10.3. The standard InChI is InChI=1S/C12H13ClN2OS/c1-2-9-3-4-10(17-9)7-15-12(16)11-5-8(13)6-14-11/h3-6,14H,2,7H2,1H3,(H,15,16). The molecule has 5 heteroatoms. The van der Waals surface area contributed by atoms with Crippen molar-refractivity contribution in [3.05, 3.63) is 44.9 Å². The molecule has 0 atom stereocenters. The van der Waals surface area contributed by atoms with E-state index in [1.165, 1.54) is 4.88 Å². The Morgan fingerprint density at radius 2 is 2.24 bits per heavy atom. The molecule has 2 rings (SSSR count). The Bertz CT molecular complexity index is 518. The van der Waals surface area contributed by atoms with Gasteiger partial charge in [-0.05, 0) is 24.6 Å². The highest BCUT2D eigenvalue weighted by atomic mass is 35.5. The van der Waals surface area contributed by atoms with Gasteiger partial charge < -0.3 is 10.3 Å². The molecule has 0 bridgehead atoms. The van der Waals surface area contributed by atoms with Crippen molar-refractivity contribution in [1.29, 1.82) is 0 Å². The SMILES string of the molecule is CCc1ccc(CNC(=O)c2cc(Cl)c[nH]2)s1. The van der Waals surface area contributed by atoms with Gasteiger partial charge in [0, 0.05) is 16.0 Å². The summed E-state index contributed by atoms with van der Waals surface area (Å²) in [6.07, 6.45) is 2.63. The fourth-order valence-electron chi connectivity index (χ4n) is 1.47. The first kappa shape index (κ1) is 12.2. The average molecular weight is 269 g/mol. The number of carbonyl (C=O) groups excluding carboxylic acids is 1. The lowest BCUT2D eigenvalue weighted by Crippen LogP contribution is -2.22. The zero-order valence-corrected chi connectivity index (χ0v) is 11.0. The Hall–Kier alpha value is -1.26. The van der Waals surface area contributed by atoms with Crippen LogP contribution in [0.2, 0.25) is 5.02 Å². The van der Waals surface area contributed by atoms with Crippen LogP contribution in [-0.4, -0.2) is 10.9 Å². The second kappa shape index (κ2) is 5.38. The number of aromatic amines is 1. The monoisotopic (exact) mass is 268 g/mol. The summed E-state index contributed by atoms with van der Waals surface area (Å²) in [5.74, 6) is -0.136. The molecule has 0 fully saturated rings. The summed E-state index contributed by atoms with van der Waals surface area (Å²) in [6.45, 7) is 2.68. The molecule has 1 amide bonds. The largest absolute Gasteiger partial charge is 0.356 e. The lowest BCUT2D eigenvalue weighted by molar-refractivity contribution is 0.0947. The van der Waals surface area contributed by atoms with Gasteiger partial charge in [-0.2, -0.15) is 0 Å². The van der Waals surface area contributed by atoms with Gasteiger partial charge in [0.15, 0.2) is 0 Å². The van der Waals surface area contributed by atoms with E-state index in [1.807, 2.05) is 6.07 Å². The number of hydrogen-bond acceptors (Lipinski definition) is 2. The highest BCUT2D eigenvalue weighted by Crippen LogP contribution is 2.16. The maximum atomic E-state index is 11.7. The molecule has 0 aliphatic rings. The van der Waals surface area contributed by atoms with E-state index in [1.54, 1.807) is 23.6 Å². The van der Waals surface area contributed by atoms with Crippen LogP contribution >= 0.6 is 22.9 Å². The first-order valence-electron chi connectivity index (χ1n) is 5.38. The number of hydrogen-bond donors (Lipinski definition) is 2. The molecular weight excluding hydrogens is 256 g/mol. The van der Waals surface area contributed by atoms with Crippen molar-refractivity contribution in [1.82, 2.24) is 10.3 Å². The van der Waals surface area contributed by atoms with Gasteiger partial charge in [-0.25, -0.2) is 0 Å². The number of halogens is 1. The van der Waals surface area contributed by atoms with Crippen LogP contribution in [0.5, 0.6) is 0 Å². The molecule has 0 saturated carbocycles. The maximum absolute atomic E-state index is 11.7. The number of amides is 1. The highest BCUT2D eigenvalue weighted by Gasteiger charge is 2.08. The van der Waals surface area contributed by atoms with Crippen LogP contribution < -0.4 is 5.32 Å². The topological polar surface area (TPSA) is 44.9 Å². The van der Waals surface area contributed by atoms with Crippen LogP contribution in [0.15, 0.2) is 24.4 Å². The summed E-state index contributed by atoms with van der Waals surface area (Å²) in [7, 11) is 0. The maximum Gasteiger partial charge on any atom is 0.268 e. The molecule has 0 aromatic carbocycles. The molecule has 17 heavy (non-hydrogen) atoms. The molecule has 0 aliphatic carbocycles. The molecule has 2 aromatic heterocycles. The molecule has 0 radical (unpaired) electrons. The predicted octanol–water partition coefficient (Wildman–Crippen LogP) is 3.22.